The first-order chi connectivity index (χ1) is 9.75. The SMILES string of the molecule is Cl.N[C@H](CNC(=O)OCc1ccccc1)c1ccccc1. The average molecular weight is 307 g/mol. The number of benzene rings is 2. The van der Waals surface area contributed by atoms with Crippen LogP contribution in [0.3, 0.4) is 0 Å². The third-order valence-electron chi connectivity index (χ3n) is 2.91. The first-order valence-corrected chi connectivity index (χ1v) is 6.51. The number of alkyl carbamates (subject to hydrolysis) is 1. The number of rotatable bonds is 5. The molecule has 0 aliphatic rings. The van der Waals surface area contributed by atoms with Crippen LogP contribution in [0.25, 0.3) is 0 Å². The standard InChI is InChI=1S/C16H18N2O2.ClH/c17-15(14-9-5-2-6-10-14)11-18-16(19)20-12-13-7-3-1-4-8-13;/h1-10,15H,11-12,17H2,(H,18,19);1H/t15-;/m1./s1. The lowest BCUT2D eigenvalue weighted by Crippen LogP contribution is -2.32. The van der Waals surface area contributed by atoms with E-state index >= 15 is 0 Å². The van der Waals surface area contributed by atoms with Crippen molar-refractivity contribution in [1.82, 2.24) is 5.32 Å². The molecule has 0 radical (unpaired) electrons. The van der Waals surface area contributed by atoms with Gasteiger partial charge in [-0.2, -0.15) is 0 Å². The molecule has 4 nitrogen and oxygen atoms in total. The highest BCUT2D eigenvalue weighted by molar-refractivity contribution is 5.85. The molecule has 2 aromatic carbocycles. The van der Waals surface area contributed by atoms with Crippen molar-refractivity contribution in [2.45, 2.75) is 12.6 Å². The van der Waals surface area contributed by atoms with Crippen LogP contribution in [0.5, 0.6) is 0 Å². The smallest absolute Gasteiger partial charge is 0.407 e. The van der Waals surface area contributed by atoms with Crippen LogP contribution < -0.4 is 11.1 Å². The van der Waals surface area contributed by atoms with E-state index in [1.165, 1.54) is 0 Å². The van der Waals surface area contributed by atoms with Crippen LogP contribution in [0.1, 0.15) is 17.2 Å². The highest BCUT2D eigenvalue weighted by Gasteiger charge is 2.08. The van der Waals surface area contributed by atoms with Gasteiger partial charge in [0.1, 0.15) is 6.61 Å². The Hall–Kier alpha value is -2.04. The van der Waals surface area contributed by atoms with Crippen LogP contribution in [0.15, 0.2) is 60.7 Å². The molecule has 0 unspecified atom stereocenters. The van der Waals surface area contributed by atoms with Crippen molar-refractivity contribution >= 4 is 18.5 Å². The van der Waals surface area contributed by atoms with Gasteiger partial charge >= 0.3 is 6.09 Å². The molecule has 0 bridgehead atoms. The van der Waals surface area contributed by atoms with Gasteiger partial charge in [0.25, 0.3) is 0 Å². The monoisotopic (exact) mass is 306 g/mol. The summed E-state index contributed by atoms with van der Waals surface area (Å²) in [5.41, 5.74) is 7.92. The lowest BCUT2D eigenvalue weighted by Gasteiger charge is -2.13. The third-order valence-corrected chi connectivity index (χ3v) is 2.91. The summed E-state index contributed by atoms with van der Waals surface area (Å²) >= 11 is 0. The second kappa shape index (κ2) is 9.00. The topological polar surface area (TPSA) is 64.3 Å². The fourth-order valence-electron chi connectivity index (χ4n) is 1.79. The summed E-state index contributed by atoms with van der Waals surface area (Å²) in [6, 6.07) is 18.9. The van der Waals surface area contributed by atoms with Crippen LogP contribution in [0.2, 0.25) is 0 Å². The van der Waals surface area contributed by atoms with E-state index in [1.54, 1.807) is 0 Å². The number of hydrogen-bond donors (Lipinski definition) is 2. The zero-order valence-corrected chi connectivity index (χ0v) is 12.4. The zero-order valence-electron chi connectivity index (χ0n) is 11.6. The number of ether oxygens (including phenoxy) is 1. The van der Waals surface area contributed by atoms with Crippen molar-refractivity contribution in [3.05, 3.63) is 71.8 Å². The van der Waals surface area contributed by atoms with Crippen LogP contribution >= 0.6 is 12.4 Å². The van der Waals surface area contributed by atoms with Gasteiger partial charge in [-0.05, 0) is 11.1 Å². The van der Waals surface area contributed by atoms with E-state index in [0.29, 0.717) is 6.54 Å². The second-order valence-corrected chi connectivity index (χ2v) is 4.46. The Morgan fingerprint density at radius 1 is 1.05 bits per heavy atom. The minimum atomic E-state index is -0.458. The number of nitrogens with two attached hydrogens (primary N) is 1. The number of amides is 1. The summed E-state index contributed by atoms with van der Waals surface area (Å²) in [4.78, 5) is 11.6. The van der Waals surface area contributed by atoms with Crippen LogP contribution in [0, 0.1) is 0 Å². The molecule has 0 aliphatic heterocycles. The first kappa shape index (κ1) is 17.0. The van der Waals surface area contributed by atoms with Gasteiger partial charge in [0.2, 0.25) is 0 Å². The lowest BCUT2D eigenvalue weighted by molar-refractivity contribution is 0.139. The average Bonchev–Trinajstić information content (AvgIpc) is 2.52. The maximum absolute atomic E-state index is 11.6. The second-order valence-electron chi connectivity index (χ2n) is 4.46. The molecule has 0 heterocycles. The molecule has 2 aromatic rings. The van der Waals surface area contributed by atoms with Gasteiger partial charge in [-0.25, -0.2) is 4.79 Å². The summed E-state index contributed by atoms with van der Waals surface area (Å²) < 4.78 is 5.11. The normalized spacial score (nSPS) is 11.1. The molecular formula is C16H19ClN2O2. The molecule has 5 heteroatoms. The fourth-order valence-corrected chi connectivity index (χ4v) is 1.79. The summed E-state index contributed by atoms with van der Waals surface area (Å²) in [6.45, 7) is 0.602. The molecule has 0 aromatic heterocycles. The van der Waals surface area contributed by atoms with Crippen molar-refractivity contribution in [3.8, 4) is 0 Å². The van der Waals surface area contributed by atoms with Crippen molar-refractivity contribution in [2.75, 3.05) is 6.54 Å². The molecule has 0 saturated heterocycles. The van der Waals surface area contributed by atoms with E-state index in [9.17, 15) is 4.79 Å². The predicted molar refractivity (Wildman–Crippen MR) is 85.2 cm³/mol. The molecule has 1 atom stereocenters. The minimum absolute atomic E-state index is 0. The molecular weight excluding hydrogens is 288 g/mol. The molecule has 3 N–H and O–H groups in total. The van der Waals surface area contributed by atoms with E-state index < -0.39 is 6.09 Å². The summed E-state index contributed by atoms with van der Waals surface area (Å²) in [7, 11) is 0. The largest absolute Gasteiger partial charge is 0.445 e. The summed E-state index contributed by atoms with van der Waals surface area (Å²) in [5, 5.41) is 2.66. The van der Waals surface area contributed by atoms with Crippen molar-refractivity contribution < 1.29 is 9.53 Å². The highest BCUT2D eigenvalue weighted by atomic mass is 35.5. The summed E-state index contributed by atoms with van der Waals surface area (Å²) in [5.74, 6) is 0. The Labute approximate surface area is 130 Å². The number of hydrogen-bond acceptors (Lipinski definition) is 3. The molecule has 0 aliphatic carbocycles. The Balaban J connectivity index is 0.00000220. The van der Waals surface area contributed by atoms with Crippen LogP contribution in [-0.2, 0) is 11.3 Å². The Kier molecular flexibility index (Phi) is 7.29. The van der Waals surface area contributed by atoms with Gasteiger partial charge in [-0.3, -0.25) is 0 Å². The number of halogens is 1. The Morgan fingerprint density at radius 3 is 2.24 bits per heavy atom. The zero-order chi connectivity index (χ0) is 14.2. The van der Waals surface area contributed by atoms with Gasteiger partial charge in [0.05, 0.1) is 0 Å². The minimum Gasteiger partial charge on any atom is -0.445 e. The number of carbonyl (C=O) groups excluding carboxylic acids is 1. The summed E-state index contributed by atoms with van der Waals surface area (Å²) in [6.07, 6.45) is -0.458. The van der Waals surface area contributed by atoms with Crippen molar-refractivity contribution in [2.24, 2.45) is 5.73 Å². The molecule has 0 spiro atoms. The Morgan fingerprint density at radius 2 is 1.62 bits per heavy atom. The molecule has 0 fully saturated rings. The number of nitrogens with one attached hydrogen (secondary N) is 1. The highest BCUT2D eigenvalue weighted by Crippen LogP contribution is 2.08. The molecule has 1 amide bonds. The van der Waals surface area contributed by atoms with Crippen LogP contribution in [0.4, 0.5) is 4.79 Å². The number of carbonyl (C=O) groups is 1. The van der Waals surface area contributed by atoms with E-state index in [-0.39, 0.29) is 25.1 Å². The fraction of sp³-hybridized carbons (Fsp3) is 0.188. The Bertz CT molecular complexity index is 534. The lowest BCUT2D eigenvalue weighted by atomic mass is 10.1. The maximum atomic E-state index is 11.6. The first-order valence-electron chi connectivity index (χ1n) is 6.51. The van der Waals surface area contributed by atoms with Gasteiger partial charge in [0.15, 0.2) is 0 Å². The van der Waals surface area contributed by atoms with E-state index in [1.807, 2.05) is 60.7 Å². The van der Waals surface area contributed by atoms with Crippen molar-refractivity contribution in [3.63, 3.8) is 0 Å². The predicted octanol–water partition coefficient (Wildman–Crippen LogP) is 3.03. The quantitative estimate of drug-likeness (QED) is 0.892. The molecule has 0 saturated carbocycles. The molecule has 21 heavy (non-hydrogen) atoms. The van der Waals surface area contributed by atoms with Gasteiger partial charge in [-0.1, -0.05) is 60.7 Å². The van der Waals surface area contributed by atoms with Gasteiger partial charge in [-0.15, -0.1) is 12.4 Å². The van der Waals surface area contributed by atoms with Crippen molar-refractivity contribution in [1.29, 1.82) is 0 Å². The van der Waals surface area contributed by atoms with E-state index in [2.05, 4.69) is 5.32 Å². The molecule has 2 rings (SSSR count). The third kappa shape index (κ3) is 5.85. The van der Waals surface area contributed by atoms with Gasteiger partial charge < -0.3 is 15.8 Å². The van der Waals surface area contributed by atoms with Gasteiger partial charge in [0, 0.05) is 12.6 Å². The maximum Gasteiger partial charge on any atom is 0.407 e. The molecule has 112 valence electrons. The van der Waals surface area contributed by atoms with E-state index in [0.717, 1.165) is 11.1 Å². The van der Waals surface area contributed by atoms with Crippen LogP contribution in [-0.4, -0.2) is 12.6 Å². The van der Waals surface area contributed by atoms with E-state index in [4.69, 9.17) is 10.5 Å².